The molecule has 2 atom stereocenters. The number of carbonyl (C=O) groups is 8. The second-order valence-corrected chi connectivity index (χ2v) is 24.7. The van der Waals surface area contributed by atoms with Crippen LogP contribution in [-0.2, 0) is 12.8 Å². The molecule has 0 aliphatic carbocycles. The first-order valence-corrected chi connectivity index (χ1v) is 33.9. The number of benzene rings is 12. The quantitative estimate of drug-likeness (QED) is 0.0313. The molecule has 0 fully saturated rings. The van der Waals surface area contributed by atoms with Crippen molar-refractivity contribution in [3.8, 4) is 46.0 Å². The molecular weight excluding hydrogens is 1340 g/mol. The Labute approximate surface area is 613 Å². The van der Waals surface area contributed by atoms with Gasteiger partial charge in [0.25, 0.3) is 0 Å². The van der Waals surface area contributed by atoms with Crippen molar-refractivity contribution in [2.45, 2.75) is 52.4 Å². The van der Waals surface area contributed by atoms with Crippen molar-refractivity contribution in [3.63, 3.8) is 0 Å². The lowest BCUT2D eigenvalue weighted by atomic mass is 9.92. The minimum atomic E-state index is -0.607. The van der Waals surface area contributed by atoms with Crippen LogP contribution in [0.1, 0.15) is 167 Å². The zero-order valence-corrected chi connectivity index (χ0v) is 58.8. The molecule has 16 nitrogen and oxygen atoms in total. The van der Waals surface area contributed by atoms with E-state index >= 15 is 0 Å². The molecule has 0 aliphatic heterocycles. The van der Waals surface area contributed by atoms with Crippen LogP contribution in [0.15, 0.2) is 291 Å². The first kappa shape index (κ1) is 73.6. The van der Waals surface area contributed by atoms with Gasteiger partial charge in [0.1, 0.15) is 46.0 Å². The van der Waals surface area contributed by atoms with E-state index in [1.165, 1.54) is 62.4 Å². The van der Waals surface area contributed by atoms with E-state index in [0.717, 1.165) is 44.9 Å². The van der Waals surface area contributed by atoms with Gasteiger partial charge in [-0.1, -0.05) is 153 Å². The van der Waals surface area contributed by atoms with Crippen LogP contribution in [0.3, 0.4) is 0 Å². The molecule has 0 aromatic heterocycles. The number of esters is 6. The van der Waals surface area contributed by atoms with Crippen LogP contribution in [-0.4, -0.2) is 61.6 Å². The molecule has 0 saturated heterocycles. The van der Waals surface area contributed by atoms with E-state index < -0.39 is 35.8 Å². The van der Waals surface area contributed by atoms with Gasteiger partial charge < -0.3 is 37.9 Å². The third-order valence-electron chi connectivity index (χ3n) is 17.6. The topological polar surface area (TPSA) is 210 Å². The largest absolute Gasteiger partial charge is 0.497 e. The highest BCUT2D eigenvalue weighted by molar-refractivity contribution is 5.99. The van der Waals surface area contributed by atoms with Crippen LogP contribution in [0.5, 0.6) is 46.0 Å². The number of carbonyl (C=O) groups excluding carboxylic acids is 8. The van der Waals surface area contributed by atoms with E-state index in [0.29, 0.717) is 86.3 Å². The molecule has 0 radical (unpaired) electrons. The number of ketones is 2. The predicted molar refractivity (Wildman–Crippen MR) is 401 cm³/mol. The van der Waals surface area contributed by atoms with Crippen molar-refractivity contribution >= 4 is 47.4 Å². The first-order valence-electron chi connectivity index (χ1n) is 33.9. The average molecular weight is 1410 g/mol. The van der Waals surface area contributed by atoms with Gasteiger partial charge in [0, 0.05) is 34.9 Å². The summed E-state index contributed by atoms with van der Waals surface area (Å²) in [6.07, 6.45) is 0.916. The smallest absolute Gasteiger partial charge is 0.343 e. The summed E-state index contributed by atoms with van der Waals surface area (Å²) in [5.74, 6) is 0.498. The minimum Gasteiger partial charge on any atom is -0.497 e. The molecule has 0 saturated carbocycles. The molecule has 0 amide bonds. The van der Waals surface area contributed by atoms with E-state index in [1.807, 2.05) is 134 Å². The van der Waals surface area contributed by atoms with E-state index in [1.54, 1.807) is 129 Å². The van der Waals surface area contributed by atoms with E-state index in [9.17, 15) is 38.4 Å². The third kappa shape index (κ3) is 19.3. The summed E-state index contributed by atoms with van der Waals surface area (Å²) in [5.41, 5.74) is 10.3. The Morgan fingerprint density at radius 3 is 0.830 bits per heavy atom. The van der Waals surface area contributed by atoms with Gasteiger partial charge in [-0.3, -0.25) is 9.59 Å². The Balaban J connectivity index is 0.000000212. The van der Waals surface area contributed by atoms with Crippen molar-refractivity contribution in [2.75, 3.05) is 14.2 Å². The van der Waals surface area contributed by atoms with Crippen LogP contribution in [0.25, 0.3) is 0 Å². The Morgan fingerprint density at radius 2 is 0.509 bits per heavy atom. The lowest BCUT2D eigenvalue weighted by molar-refractivity contribution is 0.0718. The molecule has 106 heavy (non-hydrogen) atoms. The molecule has 0 bridgehead atoms. The monoisotopic (exact) mass is 1410 g/mol. The Kier molecular flexibility index (Phi) is 24.2. The zero-order chi connectivity index (χ0) is 74.6. The van der Waals surface area contributed by atoms with Crippen molar-refractivity contribution in [1.82, 2.24) is 0 Å². The molecule has 0 N–H and O–H groups in total. The molecule has 16 heteroatoms. The molecule has 0 aliphatic rings. The fourth-order valence-corrected chi connectivity index (χ4v) is 11.3. The summed E-state index contributed by atoms with van der Waals surface area (Å²) >= 11 is 0. The molecule has 12 aromatic carbocycles. The number of ether oxygens (including phenoxy) is 8. The highest BCUT2D eigenvalue weighted by atomic mass is 16.6. The summed E-state index contributed by atoms with van der Waals surface area (Å²) in [6, 6.07) is 83.8. The number of methoxy groups -OCH3 is 2. The maximum Gasteiger partial charge on any atom is 0.343 e. The highest BCUT2D eigenvalue weighted by Gasteiger charge is 2.22. The molecule has 12 rings (SSSR count). The lowest BCUT2D eigenvalue weighted by Crippen LogP contribution is -2.13. The van der Waals surface area contributed by atoms with Crippen LogP contribution >= 0.6 is 0 Å². The molecule has 0 spiro atoms. The average Bonchev–Trinajstić information content (AvgIpc) is 0.828. The van der Waals surface area contributed by atoms with Gasteiger partial charge in [0.2, 0.25) is 0 Å². The van der Waals surface area contributed by atoms with Crippen molar-refractivity contribution in [3.05, 3.63) is 380 Å². The summed E-state index contributed by atoms with van der Waals surface area (Å²) in [7, 11) is 3.26. The Hall–Kier alpha value is -13.6. The van der Waals surface area contributed by atoms with E-state index in [2.05, 4.69) is 6.92 Å². The van der Waals surface area contributed by atoms with Crippen LogP contribution in [0, 0.1) is 0 Å². The summed E-state index contributed by atoms with van der Waals surface area (Å²) < 4.78 is 44.5. The maximum absolute atomic E-state index is 13.3. The molecule has 0 heterocycles. The second-order valence-electron chi connectivity index (χ2n) is 24.7. The van der Waals surface area contributed by atoms with Gasteiger partial charge in [0.15, 0.2) is 11.6 Å². The number of rotatable bonds is 24. The van der Waals surface area contributed by atoms with Crippen LogP contribution < -0.4 is 37.9 Å². The fourth-order valence-electron chi connectivity index (χ4n) is 11.3. The Morgan fingerprint density at radius 1 is 0.255 bits per heavy atom. The van der Waals surface area contributed by atoms with Gasteiger partial charge >= 0.3 is 35.8 Å². The van der Waals surface area contributed by atoms with Crippen molar-refractivity contribution < 1.29 is 76.3 Å². The number of Topliss-reactive ketones (excluding diaryl/α,β-unsaturated/α-hetero) is 2. The third-order valence-corrected chi connectivity index (χ3v) is 17.6. The zero-order valence-electron chi connectivity index (χ0n) is 58.8. The van der Waals surface area contributed by atoms with Gasteiger partial charge in [0.05, 0.1) is 47.6 Å². The molecule has 12 aromatic rings. The normalized spacial score (nSPS) is 11.2. The minimum absolute atomic E-state index is 0.0501. The number of para-hydroxylation sites is 3. The lowest BCUT2D eigenvalue weighted by Gasteiger charge is -2.17. The number of hydrogen-bond donors (Lipinski definition) is 0. The summed E-state index contributed by atoms with van der Waals surface area (Å²) in [4.78, 5) is 101. The SMILES string of the molecule is COc1ccc(C(C)c2ccc(OC(=O)c3ccc(C(=O)Oc4ccc(Cc5ccc(OC(=O)c6ccc(C(C)=O)cc6)cc5)cc4)cc3)cc2)cc1.COc1ccc(C(C)c2ccccc2OC(=O)c2ccc(C(=O)Oc3ccccc3Cc3ccccc3OC(=O)c3ccc(C(C)=O)cc3)cc2)cc1. The van der Waals surface area contributed by atoms with Gasteiger partial charge in [-0.2, -0.15) is 0 Å². The molecule has 2 unspecified atom stereocenters. The number of hydrogen-bond acceptors (Lipinski definition) is 16. The summed E-state index contributed by atoms with van der Waals surface area (Å²) in [5, 5.41) is 0. The molecular formula is C90H72O16. The summed E-state index contributed by atoms with van der Waals surface area (Å²) in [6.45, 7) is 7.08. The molecule has 528 valence electrons. The fraction of sp³-hybridized carbons (Fsp3) is 0.111. The van der Waals surface area contributed by atoms with Crippen LogP contribution in [0.4, 0.5) is 0 Å². The standard InChI is InChI=1S/2C45H36O8/c1-29(33-16-24-39(50-3)25-17-33)34-18-26-42(27-19-34)53-45(49)38-14-12-37(13-15-38)44(48)52-41-22-6-32(7-23-41)28-31-4-20-40(21-5-31)51-43(47)36-10-8-35(9-11-36)30(2)46;1-29(31-24-26-38(50-3)27-25-31)39-12-6-9-15-42(39)53-45(49)35-22-20-34(21-23-35)44(48)52-41-14-8-5-11-37(41)28-36-10-4-7-13-40(36)51-43(47)33-18-16-32(17-19-33)30(2)46/h2*4-27,29H,28H2,1-3H3. The highest BCUT2D eigenvalue weighted by Crippen LogP contribution is 2.35. The van der Waals surface area contributed by atoms with Crippen molar-refractivity contribution in [2.24, 2.45) is 0 Å². The Bertz CT molecular complexity index is 5110. The second kappa shape index (κ2) is 34.8. The van der Waals surface area contributed by atoms with Gasteiger partial charge in [-0.25, -0.2) is 28.8 Å². The first-order chi connectivity index (χ1) is 51.3. The van der Waals surface area contributed by atoms with Gasteiger partial charge in [-0.05, 0) is 211 Å². The predicted octanol–water partition coefficient (Wildman–Crippen LogP) is 18.6. The van der Waals surface area contributed by atoms with Gasteiger partial charge in [-0.15, -0.1) is 0 Å². The van der Waals surface area contributed by atoms with Crippen molar-refractivity contribution in [1.29, 1.82) is 0 Å². The van der Waals surface area contributed by atoms with Crippen LogP contribution in [0.2, 0.25) is 0 Å². The maximum atomic E-state index is 13.3. The van der Waals surface area contributed by atoms with E-state index in [4.69, 9.17) is 37.9 Å². The van der Waals surface area contributed by atoms with E-state index in [-0.39, 0.29) is 40.1 Å².